The van der Waals surface area contributed by atoms with Crippen molar-refractivity contribution in [1.29, 1.82) is 0 Å². The lowest BCUT2D eigenvalue weighted by atomic mass is 10.1. The number of rotatable bonds is 12. The second-order valence-corrected chi connectivity index (χ2v) is 5.39. The zero-order valence-corrected chi connectivity index (χ0v) is 12.8. The molecule has 0 bridgehead atoms. The van der Waals surface area contributed by atoms with Gasteiger partial charge in [0.05, 0.1) is 0 Å². The van der Waals surface area contributed by atoms with Gasteiger partial charge in [-0.3, -0.25) is 4.79 Å². The molecule has 0 aromatic heterocycles. The van der Waals surface area contributed by atoms with Crippen molar-refractivity contribution >= 4 is 5.91 Å². The van der Waals surface area contributed by atoms with Gasteiger partial charge in [-0.1, -0.05) is 65.2 Å². The minimum Gasteiger partial charge on any atom is -0.346 e. The topological polar surface area (TPSA) is 20.3 Å². The summed E-state index contributed by atoms with van der Waals surface area (Å²) in [7, 11) is 1.93. The molecule has 0 fully saturated rings. The number of carbonyl (C=O) groups excluding carboxylic acids is 1. The Hall–Kier alpha value is -0.530. The van der Waals surface area contributed by atoms with Gasteiger partial charge in [0, 0.05) is 20.0 Å². The third-order valence-electron chi connectivity index (χ3n) is 3.52. The lowest BCUT2D eigenvalue weighted by Gasteiger charge is -2.16. The Kier molecular flexibility index (Phi) is 12.5. The minimum atomic E-state index is 0.328. The van der Waals surface area contributed by atoms with Crippen LogP contribution >= 0.6 is 0 Å². The molecule has 0 aromatic carbocycles. The second kappa shape index (κ2) is 12.9. The molecule has 0 aliphatic carbocycles. The van der Waals surface area contributed by atoms with Crippen LogP contribution in [0.2, 0.25) is 0 Å². The Bertz CT molecular complexity index is 192. The van der Waals surface area contributed by atoms with E-state index in [4.69, 9.17) is 0 Å². The highest BCUT2D eigenvalue weighted by molar-refractivity contribution is 5.75. The highest BCUT2D eigenvalue weighted by atomic mass is 16.2. The summed E-state index contributed by atoms with van der Waals surface area (Å²) in [5.41, 5.74) is 0. The predicted molar refractivity (Wildman–Crippen MR) is 79.8 cm³/mol. The van der Waals surface area contributed by atoms with Crippen LogP contribution < -0.4 is 0 Å². The molecule has 18 heavy (non-hydrogen) atoms. The number of hydrogen-bond acceptors (Lipinski definition) is 1. The molecule has 0 saturated carbocycles. The van der Waals surface area contributed by atoms with Crippen LogP contribution in [0.25, 0.3) is 0 Å². The van der Waals surface area contributed by atoms with Gasteiger partial charge in [-0.25, -0.2) is 0 Å². The van der Waals surface area contributed by atoms with Crippen LogP contribution in [0.3, 0.4) is 0 Å². The zero-order valence-electron chi connectivity index (χ0n) is 12.8. The molecule has 0 aliphatic heterocycles. The fourth-order valence-electron chi connectivity index (χ4n) is 2.12. The third kappa shape index (κ3) is 10.6. The van der Waals surface area contributed by atoms with E-state index < -0.39 is 0 Å². The fraction of sp³-hybridized carbons (Fsp3) is 0.938. The molecule has 0 unspecified atom stereocenters. The molecule has 2 nitrogen and oxygen atoms in total. The van der Waals surface area contributed by atoms with Crippen molar-refractivity contribution in [3.05, 3.63) is 0 Å². The van der Waals surface area contributed by atoms with E-state index in [1.807, 2.05) is 11.9 Å². The fourth-order valence-corrected chi connectivity index (χ4v) is 2.12. The van der Waals surface area contributed by atoms with Crippen molar-refractivity contribution in [3.8, 4) is 0 Å². The smallest absolute Gasteiger partial charge is 0.222 e. The molecule has 1 amide bonds. The standard InChI is InChI=1S/C16H33NO/c1-4-6-8-9-10-11-12-13-14-16(18)17(3)15-7-5-2/h4-15H2,1-3H3. The van der Waals surface area contributed by atoms with E-state index in [-0.39, 0.29) is 0 Å². The lowest BCUT2D eigenvalue weighted by Crippen LogP contribution is -2.27. The molecule has 0 radical (unpaired) electrons. The Balaban J connectivity index is 3.29. The van der Waals surface area contributed by atoms with Gasteiger partial charge in [0.1, 0.15) is 0 Å². The van der Waals surface area contributed by atoms with Crippen molar-refractivity contribution in [2.75, 3.05) is 13.6 Å². The Morgan fingerprint density at radius 3 is 1.83 bits per heavy atom. The maximum atomic E-state index is 11.7. The first kappa shape index (κ1) is 17.5. The summed E-state index contributed by atoms with van der Waals surface area (Å²) in [6, 6.07) is 0. The molecule has 0 aromatic rings. The van der Waals surface area contributed by atoms with Crippen LogP contribution in [0.15, 0.2) is 0 Å². The molecule has 0 atom stereocenters. The van der Waals surface area contributed by atoms with Crippen molar-refractivity contribution < 1.29 is 4.79 Å². The van der Waals surface area contributed by atoms with E-state index in [0.29, 0.717) is 5.91 Å². The molecule has 0 saturated heterocycles. The van der Waals surface area contributed by atoms with Gasteiger partial charge in [0.15, 0.2) is 0 Å². The second-order valence-electron chi connectivity index (χ2n) is 5.39. The van der Waals surface area contributed by atoms with E-state index in [1.54, 1.807) is 0 Å². The van der Waals surface area contributed by atoms with Crippen LogP contribution in [0.5, 0.6) is 0 Å². The first-order valence-electron chi connectivity index (χ1n) is 7.96. The molecule has 0 heterocycles. The quantitative estimate of drug-likeness (QED) is 0.460. The Morgan fingerprint density at radius 2 is 1.28 bits per heavy atom. The van der Waals surface area contributed by atoms with Crippen LogP contribution in [-0.4, -0.2) is 24.4 Å². The molecule has 108 valence electrons. The van der Waals surface area contributed by atoms with Crippen molar-refractivity contribution in [2.45, 2.75) is 84.5 Å². The summed E-state index contributed by atoms with van der Waals surface area (Å²) in [5.74, 6) is 0.328. The van der Waals surface area contributed by atoms with Gasteiger partial charge in [-0.2, -0.15) is 0 Å². The Morgan fingerprint density at radius 1 is 0.778 bits per heavy atom. The first-order valence-corrected chi connectivity index (χ1v) is 7.96. The highest BCUT2D eigenvalue weighted by Gasteiger charge is 2.06. The van der Waals surface area contributed by atoms with Gasteiger partial charge in [-0.05, 0) is 12.8 Å². The van der Waals surface area contributed by atoms with Crippen LogP contribution in [-0.2, 0) is 4.79 Å². The first-order chi connectivity index (χ1) is 8.72. The monoisotopic (exact) mass is 255 g/mol. The number of nitrogens with zero attached hydrogens (tertiary/aromatic N) is 1. The normalized spacial score (nSPS) is 10.6. The van der Waals surface area contributed by atoms with Gasteiger partial charge in [0.2, 0.25) is 5.91 Å². The number of carbonyl (C=O) groups is 1. The maximum absolute atomic E-state index is 11.7. The summed E-state index contributed by atoms with van der Waals surface area (Å²) in [6.45, 7) is 5.34. The molecule has 0 rings (SSSR count). The summed E-state index contributed by atoms with van der Waals surface area (Å²) in [4.78, 5) is 13.6. The third-order valence-corrected chi connectivity index (χ3v) is 3.52. The highest BCUT2D eigenvalue weighted by Crippen LogP contribution is 2.10. The molecular weight excluding hydrogens is 222 g/mol. The van der Waals surface area contributed by atoms with Gasteiger partial charge in [-0.15, -0.1) is 0 Å². The van der Waals surface area contributed by atoms with E-state index in [9.17, 15) is 4.79 Å². The summed E-state index contributed by atoms with van der Waals surface area (Å²) >= 11 is 0. The molecule has 2 heteroatoms. The van der Waals surface area contributed by atoms with Crippen LogP contribution in [0.4, 0.5) is 0 Å². The molecule has 0 spiro atoms. The summed E-state index contributed by atoms with van der Waals surface area (Å²) in [5, 5.41) is 0. The van der Waals surface area contributed by atoms with E-state index in [1.165, 1.54) is 44.9 Å². The van der Waals surface area contributed by atoms with Gasteiger partial charge < -0.3 is 4.90 Å². The average Bonchev–Trinajstić information content (AvgIpc) is 2.38. The number of amides is 1. The van der Waals surface area contributed by atoms with Gasteiger partial charge in [0.25, 0.3) is 0 Å². The van der Waals surface area contributed by atoms with E-state index >= 15 is 0 Å². The zero-order chi connectivity index (χ0) is 13.6. The maximum Gasteiger partial charge on any atom is 0.222 e. The largest absolute Gasteiger partial charge is 0.346 e. The van der Waals surface area contributed by atoms with Gasteiger partial charge >= 0.3 is 0 Å². The van der Waals surface area contributed by atoms with E-state index in [0.717, 1.165) is 32.2 Å². The SMILES string of the molecule is CCCCCCCCCCC(=O)N(C)CCCC. The summed E-state index contributed by atoms with van der Waals surface area (Å²) < 4.78 is 0. The summed E-state index contributed by atoms with van der Waals surface area (Å²) in [6.07, 6.45) is 13.4. The Labute approximate surface area is 114 Å². The lowest BCUT2D eigenvalue weighted by molar-refractivity contribution is -0.130. The van der Waals surface area contributed by atoms with Crippen molar-refractivity contribution in [3.63, 3.8) is 0 Å². The van der Waals surface area contributed by atoms with E-state index in [2.05, 4.69) is 13.8 Å². The number of hydrogen-bond donors (Lipinski definition) is 0. The van der Waals surface area contributed by atoms with Crippen molar-refractivity contribution in [2.24, 2.45) is 0 Å². The van der Waals surface area contributed by atoms with Crippen molar-refractivity contribution in [1.82, 2.24) is 4.90 Å². The minimum absolute atomic E-state index is 0.328. The van der Waals surface area contributed by atoms with Crippen LogP contribution in [0.1, 0.15) is 84.5 Å². The number of unbranched alkanes of at least 4 members (excludes halogenated alkanes) is 8. The predicted octanol–water partition coefficient (Wildman–Crippen LogP) is 4.78. The van der Waals surface area contributed by atoms with Crippen LogP contribution in [0, 0.1) is 0 Å². The molecular formula is C16H33NO. The average molecular weight is 255 g/mol. The molecule has 0 N–H and O–H groups in total. The molecule has 0 aliphatic rings.